The van der Waals surface area contributed by atoms with Crippen molar-refractivity contribution < 1.29 is 4.57 Å². The molecule has 0 aromatic carbocycles. The molecule has 0 spiro atoms. The summed E-state index contributed by atoms with van der Waals surface area (Å²) in [6, 6.07) is 0. The molecule has 1 heterocycles. The predicted molar refractivity (Wildman–Crippen MR) is 239 cm³/mol. The van der Waals surface area contributed by atoms with Gasteiger partial charge in [0.2, 0.25) is 0 Å². The first-order chi connectivity index (χ1) is 26.3. The molecular formula is C51H101N2+. The van der Waals surface area contributed by atoms with E-state index in [0.29, 0.717) is 0 Å². The Morgan fingerprint density at radius 3 is 0.906 bits per heavy atom. The normalized spacial score (nSPS) is 11.7. The zero-order chi connectivity index (χ0) is 38.0. The molecule has 0 fully saturated rings. The number of hydrogen-bond acceptors (Lipinski definition) is 0. The lowest BCUT2D eigenvalue weighted by Crippen LogP contribution is -2.37. The summed E-state index contributed by atoms with van der Waals surface area (Å²) in [7, 11) is 0. The van der Waals surface area contributed by atoms with Crippen LogP contribution in [-0.2, 0) is 19.5 Å². The average molecular weight is 742 g/mol. The first-order valence-electron chi connectivity index (χ1n) is 25.4. The standard InChI is InChI=1S/C51H101N2/c1-4-7-10-13-16-19-22-24-26-27-29-31-34-37-40-43-46-51-52(47-44-41-38-35-32-21-18-15-12-9-6-3)49-50-53(51)48-45-42-39-36-33-30-28-25-23-20-17-14-11-8-5-2/h49-50H,4-48H2,1-3H3/q+1. The minimum Gasteiger partial charge on any atom is -0.234 e. The van der Waals surface area contributed by atoms with E-state index in [2.05, 4.69) is 42.3 Å². The van der Waals surface area contributed by atoms with Gasteiger partial charge in [0.25, 0.3) is 5.82 Å². The van der Waals surface area contributed by atoms with Gasteiger partial charge in [-0.2, -0.15) is 0 Å². The third-order valence-corrected chi connectivity index (χ3v) is 12.3. The van der Waals surface area contributed by atoms with E-state index in [1.807, 2.05) is 0 Å². The Kier molecular flexibility index (Phi) is 40.1. The number of nitrogens with zero attached hydrogens (tertiary/aromatic N) is 2. The fraction of sp³-hybridized carbons (Fsp3) is 0.941. The zero-order valence-electron chi connectivity index (χ0n) is 37.4. The number of rotatable bonds is 45. The maximum atomic E-state index is 2.66. The monoisotopic (exact) mass is 742 g/mol. The second-order valence-corrected chi connectivity index (χ2v) is 17.6. The first-order valence-corrected chi connectivity index (χ1v) is 25.4. The van der Waals surface area contributed by atoms with Gasteiger partial charge in [0.15, 0.2) is 0 Å². The number of hydrogen-bond donors (Lipinski definition) is 0. The first kappa shape index (κ1) is 50.2. The minimum absolute atomic E-state index is 1.23. The van der Waals surface area contributed by atoms with E-state index in [-0.39, 0.29) is 0 Å². The lowest BCUT2D eigenvalue weighted by Gasteiger charge is -2.07. The minimum atomic E-state index is 1.23. The molecule has 0 atom stereocenters. The van der Waals surface area contributed by atoms with Crippen LogP contribution in [0.15, 0.2) is 12.4 Å². The van der Waals surface area contributed by atoms with Crippen LogP contribution in [0.5, 0.6) is 0 Å². The van der Waals surface area contributed by atoms with E-state index in [1.165, 1.54) is 289 Å². The van der Waals surface area contributed by atoms with Gasteiger partial charge in [-0.3, -0.25) is 0 Å². The highest BCUT2D eigenvalue weighted by atomic mass is 15.1. The summed E-state index contributed by atoms with van der Waals surface area (Å²) in [4.78, 5) is 0. The molecule has 0 amide bonds. The summed E-state index contributed by atoms with van der Waals surface area (Å²) in [5.74, 6) is 1.63. The van der Waals surface area contributed by atoms with Crippen LogP contribution in [0.4, 0.5) is 0 Å². The highest BCUT2D eigenvalue weighted by Gasteiger charge is 2.16. The summed E-state index contributed by atoms with van der Waals surface area (Å²) < 4.78 is 5.32. The molecule has 1 rings (SSSR count). The Labute approximate surface area is 336 Å². The quantitative estimate of drug-likeness (QED) is 0.0465. The topological polar surface area (TPSA) is 8.81 Å². The van der Waals surface area contributed by atoms with E-state index in [9.17, 15) is 0 Å². The molecular weight excluding hydrogens is 641 g/mol. The molecule has 1 aromatic rings. The molecule has 314 valence electrons. The van der Waals surface area contributed by atoms with Gasteiger partial charge in [-0.1, -0.05) is 258 Å². The van der Waals surface area contributed by atoms with E-state index in [4.69, 9.17) is 0 Å². The molecule has 0 aliphatic carbocycles. The van der Waals surface area contributed by atoms with Crippen molar-refractivity contribution in [3.63, 3.8) is 0 Å². The lowest BCUT2D eigenvalue weighted by molar-refractivity contribution is -0.704. The fourth-order valence-electron chi connectivity index (χ4n) is 8.62. The number of unbranched alkanes of at least 4 members (excludes halogenated alkanes) is 39. The van der Waals surface area contributed by atoms with Gasteiger partial charge in [-0.05, 0) is 32.1 Å². The highest BCUT2D eigenvalue weighted by Crippen LogP contribution is 2.17. The molecule has 0 saturated heterocycles. The number of aromatic nitrogens is 2. The molecule has 0 saturated carbocycles. The van der Waals surface area contributed by atoms with Gasteiger partial charge in [-0.25, -0.2) is 9.13 Å². The van der Waals surface area contributed by atoms with Crippen LogP contribution in [0.1, 0.15) is 296 Å². The maximum absolute atomic E-state index is 2.66. The smallest absolute Gasteiger partial charge is 0.234 e. The molecule has 0 aliphatic rings. The molecule has 0 unspecified atom stereocenters. The maximum Gasteiger partial charge on any atom is 0.256 e. The van der Waals surface area contributed by atoms with E-state index in [0.717, 1.165) is 0 Å². The molecule has 0 bridgehead atoms. The van der Waals surface area contributed by atoms with E-state index >= 15 is 0 Å². The summed E-state index contributed by atoms with van der Waals surface area (Å²) in [5, 5.41) is 0. The second-order valence-electron chi connectivity index (χ2n) is 17.6. The van der Waals surface area contributed by atoms with Crippen LogP contribution in [0.3, 0.4) is 0 Å². The van der Waals surface area contributed by atoms with Gasteiger partial charge in [0, 0.05) is 6.42 Å². The van der Waals surface area contributed by atoms with Crippen molar-refractivity contribution >= 4 is 0 Å². The summed E-state index contributed by atoms with van der Waals surface area (Å²) in [5.41, 5.74) is 0. The second kappa shape index (κ2) is 42.4. The van der Waals surface area contributed by atoms with Gasteiger partial charge in [0.05, 0.1) is 13.1 Å². The summed E-state index contributed by atoms with van der Waals surface area (Å²) >= 11 is 0. The molecule has 0 aliphatic heterocycles. The van der Waals surface area contributed by atoms with Crippen LogP contribution in [0, 0.1) is 0 Å². The molecule has 0 radical (unpaired) electrons. The van der Waals surface area contributed by atoms with Crippen molar-refractivity contribution in [3.05, 3.63) is 18.2 Å². The Morgan fingerprint density at radius 2 is 0.585 bits per heavy atom. The van der Waals surface area contributed by atoms with E-state index in [1.54, 1.807) is 5.82 Å². The van der Waals surface area contributed by atoms with Crippen molar-refractivity contribution in [3.8, 4) is 0 Å². The molecule has 1 aromatic heterocycles. The van der Waals surface area contributed by atoms with Gasteiger partial charge >= 0.3 is 0 Å². The highest BCUT2D eigenvalue weighted by molar-refractivity contribution is 4.84. The Morgan fingerprint density at radius 1 is 0.321 bits per heavy atom. The van der Waals surface area contributed by atoms with Crippen LogP contribution in [0.25, 0.3) is 0 Å². The Hall–Kier alpha value is -0.790. The van der Waals surface area contributed by atoms with Crippen molar-refractivity contribution in [1.82, 2.24) is 4.57 Å². The SMILES string of the molecule is CCCCCCCCCCCCCCCCCCc1n(CCCCCCCCCCCCCCCCC)cc[n+]1CCCCCCCCCCCCC. The predicted octanol–water partition coefficient (Wildman–Crippen LogP) is 17.8. The lowest BCUT2D eigenvalue weighted by atomic mass is 10.0. The average Bonchev–Trinajstić information content (AvgIpc) is 3.55. The van der Waals surface area contributed by atoms with Gasteiger partial charge in [0.1, 0.15) is 12.4 Å². The molecule has 2 nitrogen and oxygen atoms in total. The third-order valence-electron chi connectivity index (χ3n) is 12.3. The molecule has 53 heavy (non-hydrogen) atoms. The fourth-order valence-corrected chi connectivity index (χ4v) is 8.62. The van der Waals surface area contributed by atoms with Crippen LogP contribution < -0.4 is 4.57 Å². The van der Waals surface area contributed by atoms with Crippen LogP contribution in [-0.4, -0.2) is 4.57 Å². The van der Waals surface area contributed by atoms with Crippen LogP contribution >= 0.6 is 0 Å². The molecule has 2 heteroatoms. The third kappa shape index (κ3) is 34.2. The van der Waals surface area contributed by atoms with Crippen molar-refractivity contribution in [2.75, 3.05) is 0 Å². The number of aryl methyl sites for hydroxylation is 2. The van der Waals surface area contributed by atoms with Crippen LogP contribution in [0.2, 0.25) is 0 Å². The zero-order valence-corrected chi connectivity index (χ0v) is 37.4. The van der Waals surface area contributed by atoms with Gasteiger partial charge in [-0.15, -0.1) is 0 Å². The largest absolute Gasteiger partial charge is 0.256 e. The summed E-state index contributed by atoms with van der Waals surface area (Å²) in [6.07, 6.45) is 66.8. The Bertz CT molecular complexity index is 811. The molecule has 0 N–H and O–H groups in total. The van der Waals surface area contributed by atoms with Crippen molar-refractivity contribution in [2.24, 2.45) is 0 Å². The Balaban J connectivity index is 2.25. The summed E-state index contributed by atoms with van der Waals surface area (Å²) in [6.45, 7) is 9.42. The number of imidazole rings is 1. The van der Waals surface area contributed by atoms with E-state index < -0.39 is 0 Å². The van der Waals surface area contributed by atoms with Gasteiger partial charge < -0.3 is 0 Å². The van der Waals surface area contributed by atoms with Crippen molar-refractivity contribution in [1.29, 1.82) is 0 Å². The van der Waals surface area contributed by atoms with Crippen molar-refractivity contribution in [2.45, 2.75) is 310 Å².